The number of anilines is 1. The minimum absolute atomic E-state index is 0.00217. The molecule has 0 saturated heterocycles. The van der Waals surface area contributed by atoms with Crippen molar-refractivity contribution in [1.82, 2.24) is 0 Å². The molecule has 0 spiro atoms. The molecule has 1 aromatic rings. The molecule has 0 aliphatic carbocycles. The van der Waals surface area contributed by atoms with Crippen molar-refractivity contribution < 1.29 is 9.53 Å². The van der Waals surface area contributed by atoms with Crippen molar-refractivity contribution in [3.8, 4) is 6.07 Å². The third-order valence-electron chi connectivity index (χ3n) is 3.33. The highest BCUT2D eigenvalue weighted by Gasteiger charge is 2.15. The van der Waals surface area contributed by atoms with Gasteiger partial charge in [0, 0.05) is 17.9 Å². The standard InChI is InChI=1S/C18H18N2O2/c1-3-20-16(11-9-14-7-5-6-8-17(14)20)12-10-15(13-19)18(21)22-4-2/h5-12H,3-4H2,1-2H3. The van der Waals surface area contributed by atoms with E-state index in [1.807, 2.05) is 30.4 Å². The molecule has 0 N–H and O–H groups in total. The van der Waals surface area contributed by atoms with Crippen LogP contribution in [-0.4, -0.2) is 19.1 Å². The molecule has 0 unspecified atom stereocenters. The quantitative estimate of drug-likeness (QED) is 0.485. The lowest BCUT2D eigenvalue weighted by Crippen LogP contribution is -2.23. The molecule has 0 radical (unpaired) electrons. The molecule has 0 saturated carbocycles. The van der Waals surface area contributed by atoms with Crippen LogP contribution < -0.4 is 4.90 Å². The molecular weight excluding hydrogens is 276 g/mol. The number of esters is 1. The zero-order valence-electron chi connectivity index (χ0n) is 12.7. The number of carbonyl (C=O) groups excluding carboxylic acids is 1. The molecule has 0 bridgehead atoms. The third kappa shape index (κ3) is 3.26. The van der Waals surface area contributed by atoms with E-state index in [9.17, 15) is 4.79 Å². The molecule has 0 amide bonds. The van der Waals surface area contributed by atoms with Crippen molar-refractivity contribution in [3.63, 3.8) is 0 Å². The van der Waals surface area contributed by atoms with Crippen LogP contribution in [0.5, 0.6) is 0 Å². The number of nitriles is 1. The lowest BCUT2D eigenvalue weighted by Gasteiger charge is -2.29. The van der Waals surface area contributed by atoms with Crippen LogP contribution in [0, 0.1) is 11.3 Å². The first-order chi connectivity index (χ1) is 10.7. The fraction of sp³-hybridized carbons (Fsp3) is 0.222. The van der Waals surface area contributed by atoms with E-state index in [2.05, 4.69) is 24.0 Å². The maximum absolute atomic E-state index is 11.6. The van der Waals surface area contributed by atoms with Gasteiger partial charge in [0.05, 0.1) is 6.61 Å². The van der Waals surface area contributed by atoms with E-state index in [0.717, 1.165) is 23.5 Å². The molecule has 0 fully saturated rings. The molecule has 1 aromatic carbocycles. The Hall–Kier alpha value is -2.80. The van der Waals surface area contributed by atoms with Crippen molar-refractivity contribution in [1.29, 1.82) is 5.26 Å². The number of rotatable bonds is 4. The highest BCUT2D eigenvalue weighted by molar-refractivity contribution is 5.93. The third-order valence-corrected chi connectivity index (χ3v) is 3.33. The summed E-state index contributed by atoms with van der Waals surface area (Å²) in [5, 5.41) is 9.05. The maximum atomic E-state index is 11.6. The molecule has 0 aromatic heterocycles. The molecule has 1 aliphatic rings. The van der Waals surface area contributed by atoms with Crippen LogP contribution in [0.1, 0.15) is 19.4 Å². The van der Waals surface area contributed by atoms with E-state index in [-0.39, 0.29) is 12.2 Å². The second kappa shape index (κ2) is 7.28. The number of hydrogen-bond donors (Lipinski definition) is 0. The fourth-order valence-corrected chi connectivity index (χ4v) is 2.31. The molecule has 112 valence electrons. The molecule has 4 nitrogen and oxygen atoms in total. The highest BCUT2D eigenvalue weighted by Crippen LogP contribution is 2.30. The minimum atomic E-state index is -0.593. The van der Waals surface area contributed by atoms with Gasteiger partial charge in [0.25, 0.3) is 0 Å². The van der Waals surface area contributed by atoms with Crippen LogP contribution in [0.2, 0.25) is 0 Å². The maximum Gasteiger partial charge on any atom is 0.348 e. The first-order valence-electron chi connectivity index (χ1n) is 7.25. The number of benzene rings is 1. The number of para-hydroxylation sites is 1. The Morgan fingerprint density at radius 3 is 2.77 bits per heavy atom. The smallest absolute Gasteiger partial charge is 0.348 e. The van der Waals surface area contributed by atoms with Crippen molar-refractivity contribution in [2.45, 2.75) is 13.8 Å². The van der Waals surface area contributed by atoms with E-state index in [1.165, 1.54) is 6.08 Å². The summed E-state index contributed by atoms with van der Waals surface area (Å²) in [6.45, 7) is 4.82. The van der Waals surface area contributed by atoms with E-state index in [1.54, 1.807) is 13.0 Å². The topological polar surface area (TPSA) is 53.3 Å². The average Bonchev–Trinajstić information content (AvgIpc) is 2.55. The van der Waals surface area contributed by atoms with Gasteiger partial charge < -0.3 is 9.64 Å². The van der Waals surface area contributed by atoms with E-state index in [0.29, 0.717) is 0 Å². The van der Waals surface area contributed by atoms with Gasteiger partial charge in [0.15, 0.2) is 0 Å². The SMILES string of the molecule is CCOC(=O)C(C#N)=CC=C1C=Cc2ccccc2N1CC. The zero-order chi connectivity index (χ0) is 15.9. The van der Waals surface area contributed by atoms with E-state index >= 15 is 0 Å². The van der Waals surface area contributed by atoms with E-state index in [4.69, 9.17) is 10.00 Å². The number of fused-ring (bicyclic) bond motifs is 1. The predicted molar refractivity (Wildman–Crippen MR) is 86.9 cm³/mol. The summed E-state index contributed by atoms with van der Waals surface area (Å²) in [6, 6.07) is 9.98. The van der Waals surface area contributed by atoms with Crippen LogP contribution in [0.25, 0.3) is 6.08 Å². The summed E-state index contributed by atoms with van der Waals surface area (Å²) in [5.74, 6) is -0.593. The van der Waals surface area contributed by atoms with Gasteiger partial charge in [-0.3, -0.25) is 0 Å². The largest absolute Gasteiger partial charge is 0.462 e. The van der Waals surface area contributed by atoms with Crippen LogP contribution in [0.15, 0.2) is 53.8 Å². The van der Waals surface area contributed by atoms with Gasteiger partial charge in [-0.2, -0.15) is 5.26 Å². The van der Waals surface area contributed by atoms with Crippen LogP contribution >= 0.6 is 0 Å². The summed E-state index contributed by atoms with van der Waals surface area (Å²) < 4.78 is 4.85. The van der Waals surface area contributed by atoms with Crippen molar-refractivity contribution in [3.05, 3.63) is 59.3 Å². The predicted octanol–water partition coefficient (Wildman–Crippen LogP) is 3.44. The average molecular weight is 294 g/mol. The summed E-state index contributed by atoms with van der Waals surface area (Å²) in [6.07, 6.45) is 7.28. The molecule has 22 heavy (non-hydrogen) atoms. The van der Waals surface area contributed by atoms with Gasteiger partial charge in [0.1, 0.15) is 11.6 Å². The Morgan fingerprint density at radius 2 is 2.09 bits per heavy atom. The molecule has 1 aliphatic heterocycles. The fourth-order valence-electron chi connectivity index (χ4n) is 2.31. The number of likely N-dealkylation sites (N-methyl/N-ethyl adjacent to an activating group) is 1. The number of allylic oxidation sites excluding steroid dienone is 3. The monoisotopic (exact) mass is 294 g/mol. The Labute approximate surface area is 130 Å². The summed E-state index contributed by atoms with van der Waals surface area (Å²) >= 11 is 0. The highest BCUT2D eigenvalue weighted by atomic mass is 16.5. The first-order valence-corrected chi connectivity index (χ1v) is 7.25. The molecule has 2 rings (SSSR count). The molecule has 4 heteroatoms. The van der Waals surface area contributed by atoms with Crippen molar-refractivity contribution >= 4 is 17.7 Å². The summed E-state index contributed by atoms with van der Waals surface area (Å²) in [4.78, 5) is 13.8. The lowest BCUT2D eigenvalue weighted by atomic mass is 10.1. The normalized spacial score (nSPS) is 15.4. The second-order valence-corrected chi connectivity index (χ2v) is 4.64. The van der Waals surface area contributed by atoms with Gasteiger partial charge in [0.2, 0.25) is 0 Å². The van der Waals surface area contributed by atoms with Crippen LogP contribution in [0.3, 0.4) is 0 Å². The summed E-state index contributed by atoms with van der Waals surface area (Å²) in [5.41, 5.74) is 3.19. The Morgan fingerprint density at radius 1 is 1.32 bits per heavy atom. The molecule has 0 atom stereocenters. The second-order valence-electron chi connectivity index (χ2n) is 4.64. The van der Waals surface area contributed by atoms with Gasteiger partial charge in [-0.15, -0.1) is 0 Å². The van der Waals surface area contributed by atoms with Crippen molar-refractivity contribution in [2.24, 2.45) is 0 Å². The molecule has 1 heterocycles. The Balaban J connectivity index is 2.33. The van der Waals surface area contributed by atoms with Gasteiger partial charge in [-0.25, -0.2) is 4.79 Å². The lowest BCUT2D eigenvalue weighted by molar-refractivity contribution is -0.138. The number of carbonyl (C=O) groups is 1. The number of hydrogen-bond acceptors (Lipinski definition) is 4. The Kier molecular flexibility index (Phi) is 5.16. The first kappa shape index (κ1) is 15.6. The Bertz CT molecular complexity index is 693. The number of nitrogens with zero attached hydrogens (tertiary/aromatic N) is 2. The van der Waals surface area contributed by atoms with Gasteiger partial charge >= 0.3 is 5.97 Å². The number of ether oxygens (including phenoxy) is 1. The summed E-state index contributed by atoms with van der Waals surface area (Å²) in [7, 11) is 0. The zero-order valence-corrected chi connectivity index (χ0v) is 12.7. The minimum Gasteiger partial charge on any atom is -0.462 e. The molecular formula is C18H18N2O2. The van der Waals surface area contributed by atoms with Crippen molar-refractivity contribution in [2.75, 3.05) is 18.1 Å². The van der Waals surface area contributed by atoms with E-state index < -0.39 is 5.97 Å². The van der Waals surface area contributed by atoms with Gasteiger partial charge in [-0.05, 0) is 43.7 Å². The van der Waals surface area contributed by atoms with Crippen LogP contribution in [0.4, 0.5) is 5.69 Å². The van der Waals surface area contributed by atoms with Crippen LogP contribution in [-0.2, 0) is 9.53 Å². The van der Waals surface area contributed by atoms with Gasteiger partial charge in [-0.1, -0.05) is 24.3 Å².